The molecule has 1 atom stereocenters. The fourth-order valence-electron chi connectivity index (χ4n) is 2.91. The predicted octanol–water partition coefficient (Wildman–Crippen LogP) is 2.64. The third-order valence-corrected chi connectivity index (χ3v) is 4.29. The van der Waals surface area contributed by atoms with Gasteiger partial charge in [-0.3, -0.25) is 4.90 Å². The Balaban J connectivity index is 1.98. The van der Waals surface area contributed by atoms with E-state index in [2.05, 4.69) is 23.6 Å². The highest BCUT2D eigenvalue weighted by atomic mass is 19.1. The van der Waals surface area contributed by atoms with Crippen LogP contribution in [0.15, 0.2) is 18.2 Å². The Bertz CT molecular complexity index is 442. The van der Waals surface area contributed by atoms with Gasteiger partial charge in [0.1, 0.15) is 5.82 Å². The van der Waals surface area contributed by atoms with E-state index in [9.17, 15) is 4.39 Å². The van der Waals surface area contributed by atoms with Crippen molar-refractivity contribution in [3.63, 3.8) is 0 Å². The molecule has 3 nitrogen and oxygen atoms in total. The molecular weight excluding hydrogens is 265 g/mol. The molecule has 1 unspecified atom stereocenters. The summed E-state index contributed by atoms with van der Waals surface area (Å²) in [6, 6.07) is 5.71. The molecule has 0 saturated carbocycles. The Morgan fingerprint density at radius 2 is 1.90 bits per heavy atom. The second-order valence-corrected chi connectivity index (χ2v) is 5.99. The van der Waals surface area contributed by atoms with E-state index in [-0.39, 0.29) is 11.9 Å². The SMILES string of the molecule is CCCN1CCN(c2ccc(CC(N)CC)cc2F)CC1. The quantitative estimate of drug-likeness (QED) is 0.875. The lowest BCUT2D eigenvalue weighted by atomic mass is 10.0. The molecule has 2 rings (SSSR count). The number of nitrogens with zero attached hydrogens (tertiary/aromatic N) is 2. The molecule has 1 fully saturated rings. The molecule has 21 heavy (non-hydrogen) atoms. The molecule has 118 valence electrons. The maximum atomic E-state index is 14.3. The number of piperazine rings is 1. The Morgan fingerprint density at radius 1 is 1.19 bits per heavy atom. The Kier molecular flexibility index (Phi) is 6.00. The number of nitrogens with two attached hydrogens (primary N) is 1. The Labute approximate surface area is 127 Å². The van der Waals surface area contributed by atoms with Crippen LogP contribution in [0.25, 0.3) is 0 Å². The van der Waals surface area contributed by atoms with Crippen LogP contribution >= 0.6 is 0 Å². The highest BCUT2D eigenvalue weighted by Crippen LogP contribution is 2.22. The molecule has 4 heteroatoms. The number of rotatable bonds is 6. The van der Waals surface area contributed by atoms with Gasteiger partial charge in [0.15, 0.2) is 0 Å². The Morgan fingerprint density at radius 3 is 2.48 bits per heavy atom. The van der Waals surface area contributed by atoms with Crippen molar-refractivity contribution in [1.29, 1.82) is 0 Å². The van der Waals surface area contributed by atoms with E-state index in [0.29, 0.717) is 0 Å². The molecular formula is C17H28FN3. The molecule has 0 aliphatic carbocycles. The summed E-state index contributed by atoms with van der Waals surface area (Å²) >= 11 is 0. The number of hydrogen-bond donors (Lipinski definition) is 1. The van der Waals surface area contributed by atoms with Gasteiger partial charge in [0, 0.05) is 32.2 Å². The van der Waals surface area contributed by atoms with Gasteiger partial charge in [-0.15, -0.1) is 0 Å². The zero-order valence-electron chi connectivity index (χ0n) is 13.3. The van der Waals surface area contributed by atoms with Crippen molar-refractivity contribution in [2.75, 3.05) is 37.6 Å². The summed E-state index contributed by atoms with van der Waals surface area (Å²) in [6.07, 6.45) is 2.85. The van der Waals surface area contributed by atoms with Crippen molar-refractivity contribution in [3.8, 4) is 0 Å². The van der Waals surface area contributed by atoms with Gasteiger partial charge < -0.3 is 10.6 Å². The maximum Gasteiger partial charge on any atom is 0.146 e. The second-order valence-electron chi connectivity index (χ2n) is 5.99. The van der Waals surface area contributed by atoms with E-state index in [1.54, 1.807) is 6.07 Å². The van der Waals surface area contributed by atoms with Crippen LogP contribution in [-0.4, -0.2) is 43.7 Å². The van der Waals surface area contributed by atoms with Crippen molar-refractivity contribution in [3.05, 3.63) is 29.6 Å². The molecule has 1 heterocycles. The molecule has 1 aliphatic heterocycles. The van der Waals surface area contributed by atoms with Crippen molar-refractivity contribution in [2.24, 2.45) is 5.73 Å². The minimum absolute atomic E-state index is 0.111. The molecule has 0 radical (unpaired) electrons. The van der Waals surface area contributed by atoms with Crippen LogP contribution in [0.2, 0.25) is 0 Å². The zero-order chi connectivity index (χ0) is 15.2. The summed E-state index contributed by atoms with van der Waals surface area (Å²) in [7, 11) is 0. The normalized spacial score (nSPS) is 18.0. The minimum Gasteiger partial charge on any atom is -0.367 e. The monoisotopic (exact) mass is 293 g/mol. The maximum absolute atomic E-state index is 14.3. The first kappa shape index (κ1) is 16.2. The first-order chi connectivity index (χ1) is 10.1. The van der Waals surface area contributed by atoms with Gasteiger partial charge in [-0.2, -0.15) is 0 Å². The third kappa shape index (κ3) is 4.42. The highest BCUT2D eigenvalue weighted by Gasteiger charge is 2.19. The van der Waals surface area contributed by atoms with Crippen LogP contribution in [0.1, 0.15) is 32.3 Å². The van der Waals surface area contributed by atoms with E-state index in [4.69, 9.17) is 5.73 Å². The van der Waals surface area contributed by atoms with E-state index in [0.717, 1.165) is 56.8 Å². The lowest BCUT2D eigenvalue weighted by Crippen LogP contribution is -2.46. The van der Waals surface area contributed by atoms with Gasteiger partial charge in [-0.05, 0) is 43.5 Å². The van der Waals surface area contributed by atoms with Gasteiger partial charge in [-0.25, -0.2) is 4.39 Å². The van der Waals surface area contributed by atoms with Crippen LogP contribution in [-0.2, 0) is 6.42 Å². The highest BCUT2D eigenvalue weighted by molar-refractivity contribution is 5.49. The molecule has 0 amide bonds. The summed E-state index contributed by atoms with van der Waals surface area (Å²) in [5.41, 5.74) is 7.67. The number of halogens is 1. The first-order valence-corrected chi connectivity index (χ1v) is 8.15. The average molecular weight is 293 g/mol. The molecule has 0 aromatic heterocycles. The summed E-state index contributed by atoms with van der Waals surface area (Å²) in [4.78, 5) is 4.61. The minimum atomic E-state index is -0.111. The van der Waals surface area contributed by atoms with Crippen LogP contribution in [0.4, 0.5) is 10.1 Å². The average Bonchev–Trinajstić information content (AvgIpc) is 2.49. The van der Waals surface area contributed by atoms with Crippen molar-refractivity contribution < 1.29 is 4.39 Å². The van der Waals surface area contributed by atoms with Crippen LogP contribution in [0.3, 0.4) is 0 Å². The van der Waals surface area contributed by atoms with E-state index in [1.807, 2.05) is 12.1 Å². The molecule has 1 aliphatic rings. The molecule has 0 bridgehead atoms. The van der Waals surface area contributed by atoms with Gasteiger partial charge >= 0.3 is 0 Å². The van der Waals surface area contributed by atoms with Gasteiger partial charge in [0.05, 0.1) is 5.69 Å². The molecule has 1 saturated heterocycles. The molecule has 1 aromatic carbocycles. The van der Waals surface area contributed by atoms with E-state index >= 15 is 0 Å². The summed E-state index contributed by atoms with van der Waals surface area (Å²) < 4.78 is 14.3. The van der Waals surface area contributed by atoms with Crippen molar-refractivity contribution >= 4 is 5.69 Å². The summed E-state index contributed by atoms with van der Waals surface area (Å²) in [5, 5.41) is 0. The van der Waals surface area contributed by atoms with E-state index < -0.39 is 0 Å². The fraction of sp³-hybridized carbons (Fsp3) is 0.647. The second kappa shape index (κ2) is 7.76. The number of hydrogen-bond acceptors (Lipinski definition) is 3. The molecule has 0 spiro atoms. The largest absolute Gasteiger partial charge is 0.367 e. The lowest BCUT2D eigenvalue weighted by Gasteiger charge is -2.36. The first-order valence-electron chi connectivity index (χ1n) is 8.15. The third-order valence-electron chi connectivity index (χ3n) is 4.29. The van der Waals surface area contributed by atoms with Crippen LogP contribution in [0.5, 0.6) is 0 Å². The van der Waals surface area contributed by atoms with Crippen molar-refractivity contribution in [2.45, 2.75) is 39.2 Å². The van der Waals surface area contributed by atoms with Gasteiger partial charge in [0.25, 0.3) is 0 Å². The fourth-order valence-corrected chi connectivity index (χ4v) is 2.91. The topological polar surface area (TPSA) is 32.5 Å². The predicted molar refractivity (Wildman–Crippen MR) is 87.3 cm³/mol. The van der Waals surface area contributed by atoms with Crippen LogP contribution < -0.4 is 10.6 Å². The molecule has 1 aromatic rings. The van der Waals surface area contributed by atoms with Gasteiger partial charge in [0.2, 0.25) is 0 Å². The Hall–Kier alpha value is -1.13. The zero-order valence-corrected chi connectivity index (χ0v) is 13.3. The van der Waals surface area contributed by atoms with E-state index in [1.165, 1.54) is 6.42 Å². The standard InChI is InChI=1S/C17H28FN3/c1-3-7-20-8-10-21(11-9-20)17-6-5-14(13-16(17)18)12-15(19)4-2/h5-6,13,15H,3-4,7-12,19H2,1-2H3. The summed E-state index contributed by atoms with van der Waals surface area (Å²) in [5.74, 6) is -0.111. The summed E-state index contributed by atoms with van der Waals surface area (Å²) in [6.45, 7) is 9.27. The smallest absolute Gasteiger partial charge is 0.146 e. The number of anilines is 1. The van der Waals surface area contributed by atoms with Gasteiger partial charge in [-0.1, -0.05) is 19.9 Å². The number of benzene rings is 1. The lowest BCUT2D eigenvalue weighted by molar-refractivity contribution is 0.258. The van der Waals surface area contributed by atoms with Crippen molar-refractivity contribution in [1.82, 2.24) is 4.90 Å². The van der Waals surface area contributed by atoms with Crippen LogP contribution in [0, 0.1) is 5.82 Å². The molecule has 2 N–H and O–H groups in total.